The lowest BCUT2D eigenvalue weighted by Crippen LogP contribution is -2.45. The summed E-state index contributed by atoms with van der Waals surface area (Å²) < 4.78 is 0. The van der Waals surface area contributed by atoms with Crippen LogP contribution in [0.25, 0.3) is 0 Å². The molecule has 0 bridgehead atoms. The Balaban J connectivity index is 1.08. The average molecular weight is 452 g/mol. The maximum absolute atomic E-state index is 13.3. The van der Waals surface area contributed by atoms with Crippen LogP contribution >= 0.6 is 11.6 Å². The Morgan fingerprint density at radius 2 is 1.72 bits per heavy atom. The molecule has 2 heterocycles. The van der Waals surface area contributed by atoms with Gasteiger partial charge in [-0.2, -0.15) is 0 Å². The molecule has 5 rings (SSSR count). The number of amides is 2. The topological polar surface area (TPSA) is 62.3 Å². The molecule has 1 N–H and O–H groups in total. The summed E-state index contributed by atoms with van der Waals surface area (Å²) in [6.07, 6.45) is 10.2. The average Bonchev–Trinajstić information content (AvgIpc) is 3.74. The third-order valence-corrected chi connectivity index (χ3v) is 8.05. The van der Waals surface area contributed by atoms with E-state index in [9.17, 15) is 9.59 Å². The first kappa shape index (κ1) is 21.4. The van der Waals surface area contributed by atoms with Gasteiger partial charge in [0.15, 0.2) is 0 Å². The van der Waals surface area contributed by atoms with Gasteiger partial charge in [0.05, 0.1) is 5.41 Å². The maximum Gasteiger partial charge on any atom is 0.233 e. The van der Waals surface area contributed by atoms with Gasteiger partial charge in [-0.05, 0) is 85.8 Å². The fourth-order valence-electron chi connectivity index (χ4n) is 5.43. The second-order valence-electron chi connectivity index (χ2n) is 9.75. The Morgan fingerprint density at radius 3 is 2.38 bits per heavy atom. The lowest BCUT2D eigenvalue weighted by molar-refractivity contribution is -0.135. The maximum atomic E-state index is 13.3. The number of nitrogens with one attached hydrogen (secondary N) is 1. The minimum absolute atomic E-state index is 0.114. The Bertz CT molecular complexity index is 980. The molecule has 5 nitrogen and oxygen atoms in total. The van der Waals surface area contributed by atoms with Gasteiger partial charge in [-0.1, -0.05) is 23.7 Å². The van der Waals surface area contributed by atoms with Crippen LogP contribution in [0.3, 0.4) is 0 Å². The van der Waals surface area contributed by atoms with E-state index in [2.05, 4.69) is 10.3 Å². The minimum atomic E-state index is -0.343. The van der Waals surface area contributed by atoms with Gasteiger partial charge >= 0.3 is 0 Å². The van der Waals surface area contributed by atoms with E-state index in [0.717, 1.165) is 63.6 Å². The SMILES string of the molecule is O=C(NCCCc1ccncc1)[C@H]1CC12CCN(C(=O)C1(c3ccc(Cl)cc3)CC1)CC2. The van der Waals surface area contributed by atoms with Crippen molar-refractivity contribution in [3.05, 3.63) is 64.9 Å². The van der Waals surface area contributed by atoms with Crippen molar-refractivity contribution in [2.45, 2.75) is 50.4 Å². The summed E-state index contributed by atoms with van der Waals surface area (Å²) in [5.41, 5.74) is 2.11. The summed E-state index contributed by atoms with van der Waals surface area (Å²) in [5.74, 6) is 0.568. The second kappa shape index (κ2) is 8.51. The van der Waals surface area contributed by atoms with E-state index >= 15 is 0 Å². The number of carbonyl (C=O) groups is 2. The molecule has 2 saturated carbocycles. The quantitative estimate of drug-likeness (QED) is 0.643. The van der Waals surface area contributed by atoms with E-state index in [1.165, 1.54) is 5.56 Å². The molecule has 2 aromatic rings. The van der Waals surface area contributed by atoms with Crippen LogP contribution < -0.4 is 5.32 Å². The molecule has 2 aliphatic carbocycles. The molecule has 1 aromatic carbocycles. The molecule has 0 radical (unpaired) electrons. The van der Waals surface area contributed by atoms with Crippen LogP contribution in [0.2, 0.25) is 5.02 Å². The van der Waals surface area contributed by atoms with Crippen molar-refractivity contribution in [3.8, 4) is 0 Å². The summed E-state index contributed by atoms with van der Waals surface area (Å²) >= 11 is 6.03. The number of carbonyl (C=O) groups excluding carboxylic acids is 2. The van der Waals surface area contributed by atoms with Crippen LogP contribution in [0.1, 0.15) is 49.7 Å². The molecule has 3 aliphatic rings. The Hall–Kier alpha value is -2.40. The monoisotopic (exact) mass is 451 g/mol. The van der Waals surface area contributed by atoms with Crippen molar-refractivity contribution < 1.29 is 9.59 Å². The first-order valence-corrected chi connectivity index (χ1v) is 12.1. The van der Waals surface area contributed by atoms with Crippen LogP contribution in [0.15, 0.2) is 48.8 Å². The molecule has 1 spiro atoms. The zero-order valence-electron chi connectivity index (χ0n) is 18.4. The fraction of sp³-hybridized carbons (Fsp3) is 0.500. The highest BCUT2D eigenvalue weighted by Gasteiger charge is 2.60. The number of likely N-dealkylation sites (tertiary alicyclic amines) is 1. The smallest absolute Gasteiger partial charge is 0.233 e. The number of hydrogen-bond donors (Lipinski definition) is 1. The Labute approximate surface area is 194 Å². The normalized spacial score (nSPS) is 22.4. The van der Waals surface area contributed by atoms with Crippen LogP contribution in [-0.2, 0) is 21.4 Å². The molecule has 2 amide bonds. The number of nitrogens with zero attached hydrogens (tertiary/aromatic N) is 2. The van der Waals surface area contributed by atoms with E-state index in [-0.39, 0.29) is 28.6 Å². The zero-order valence-corrected chi connectivity index (χ0v) is 19.1. The summed E-state index contributed by atoms with van der Waals surface area (Å²) in [7, 11) is 0. The van der Waals surface area contributed by atoms with Crippen molar-refractivity contribution in [2.75, 3.05) is 19.6 Å². The molecule has 1 aliphatic heterocycles. The number of benzene rings is 1. The third-order valence-electron chi connectivity index (χ3n) is 7.80. The summed E-state index contributed by atoms with van der Waals surface area (Å²) in [6, 6.07) is 11.8. The van der Waals surface area contributed by atoms with Crippen molar-refractivity contribution in [1.82, 2.24) is 15.2 Å². The molecule has 168 valence electrons. The molecule has 1 aromatic heterocycles. The van der Waals surface area contributed by atoms with Gasteiger partial charge in [-0.25, -0.2) is 0 Å². The first-order valence-electron chi connectivity index (χ1n) is 11.7. The summed E-state index contributed by atoms with van der Waals surface area (Å²) in [6.45, 7) is 2.24. The van der Waals surface area contributed by atoms with Gasteiger partial charge in [0.25, 0.3) is 0 Å². The van der Waals surface area contributed by atoms with E-state index < -0.39 is 0 Å². The van der Waals surface area contributed by atoms with Crippen molar-refractivity contribution >= 4 is 23.4 Å². The van der Waals surface area contributed by atoms with Gasteiger partial charge in [-0.15, -0.1) is 0 Å². The van der Waals surface area contributed by atoms with Gasteiger partial charge in [0, 0.05) is 43.0 Å². The van der Waals surface area contributed by atoms with E-state index in [1.807, 2.05) is 41.3 Å². The number of halogens is 1. The third kappa shape index (κ3) is 4.15. The molecule has 1 atom stereocenters. The highest BCUT2D eigenvalue weighted by molar-refractivity contribution is 6.30. The van der Waals surface area contributed by atoms with Crippen molar-refractivity contribution in [3.63, 3.8) is 0 Å². The van der Waals surface area contributed by atoms with Gasteiger partial charge in [0.2, 0.25) is 11.8 Å². The fourth-order valence-corrected chi connectivity index (χ4v) is 5.55. The largest absolute Gasteiger partial charge is 0.356 e. The highest BCUT2D eigenvalue weighted by Crippen LogP contribution is 2.60. The number of piperidine rings is 1. The van der Waals surface area contributed by atoms with Gasteiger partial charge in [-0.3, -0.25) is 14.6 Å². The number of aromatic nitrogens is 1. The first-order chi connectivity index (χ1) is 15.5. The Morgan fingerprint density at radius 1 is 1.03 bits per heavy atom. The molecule has 6 heteroatoms. The van der Waals surface area contributed by atoms with Crippen molar-refractivity contribution in [1.29, 1.82) is 0 Å². The predicted octanol–water partition coefficient (Wildman–Crippen LogP) is 4.14. The Kier molecular flexibility index (Phi) is 5.70. The van der Waals surface area contributed by atoms with Gasteiger partial charge in [0.1, 0.15) is 0 Å². The van der Waals surface area contributed by atoms with Gasteiger partial charge < -0.3 is 10.2 Å². The number of pyridine rings is 1. The number of hydrogen-bond acceptors (Lipinski definition) is 3. The highest BCUT2D eigenvalue weighted by atomic mass is 35.5. The second-order valence-corrected chi connectivity index (χ2v) is 10.2. The molecule has 3 fully saturated rings. The van der Waals surface area contributed by atoms with Crippen LogP contribution in [-0.4, -0.2) is 41.3 Å². The van der Waals surface area contributed by atoms with Crippen LogP contribution in [0.4, 0.5) is 0 Å². The summed E-state index contributed by atoms with van der Waals surface area (Å²) in [5, 5.41) is 3.84. The summed E-state index contributed by atoms with van der Waals surface area (Å²) in [4.78, 5) is 32.1. The van der Waals surface area contributed by atoms with E-state index in [1.54, 1.807) is 12.4 Å². The standard InChI is InChI=1S/C26H30ClN3O2/c27-21-5-3-20(4-6-21)26(9-10-26)24(32)30-16-11-25(12-17-30)18-22(25)23(31)29-13-1-2-19-7-14-28-15-8-19/h3-8,14-15,22H,1-2,9-13,16-18H2,(H,29,31)/t22-/m1/s1. The zero-order chi connectivity index (χ0) is 22.2. The lowest BCUT2D eigenvalue weighted by Gasteiger charge is -2.35. The van der Waals surface area contributed by atoms with Crippen LogP contribution in [0.5, 0.6) is 0 Å². The lowest BCUT2D eigenvalue weighted by atomic mass is 9.88. The van der Waals surface area contributed by atoms with Crippen molar-refractivity contribution in [2.24, 2.45) is 11.3 Å². The van der Waals surface area contributed by atoms with E-state index in [0.29, 0.717) is 11.6 Å². The molecular weight excluding hydrogens is 422 g/mol. The molecule has 32 heavy (non-hydrogen) atoms. The minimum Gasteiger partial charge on any atom is -0.356 e. The predicted molar refractivity (Wildman–Crippen MR) is 124 cm³/mol. The molecular formula is C26H30ClN3O2. The van der Waals surface area contributed by atoms with Crippen LogP contribution in [0, 0.1) is 11.3 Å². The number of rotatable bonds is 7. The molecule has 1 saturated heterocycles. The molecule has 0 unspecified atom stereocenters. The number of aryl methyl sites for hydroxylation is 1. The van der Waals surface area contributed by atoms with E-state index in [4.69, 9.17) is 11.6 Å².